The van der Waals surface area contributed by atoms with Crippen molar-refractivity contribution < 1.29 is 14.3 Å². The third-order valence-electron chi connectivity index (χ3n) is 3.51. The average Bonchev–Trinajstić information content (AvgIpc) is 3.02. The molecule has 0 spiro atoms. The van der Waals surface area contributed by atoms with Crippen LogP contribution in [0.25, 0.3) is 0 Å². The summed E-state index contributed by atoms with van der Waals surface area (Å²) in [4.78, 5) is 23.6. The van der Waals surface area contributed by atoms with Gasteiger partial charge in [-0.15, -0.1) is 10.2 Å². The third-order valence-corrected chi connectivity index (χ3v) is 5.52. The van der Waals surface area contributed by atoms with Crippen LogP contribution in [-0.2, 0) is 9.53 Å². The van der Waals surface area contributed by atoms with E-state index in [1.165, 1.54) is 29.5 Å². The maximum absolute atomic E-state index is 11.8. The number of anilines is 1. The highest BCUT2D eigenvalue weighted by atomic mass is 32.2. The van der Waals surface area contributed by atoms with E-state index in [9.17, 15) is 9.59 Å². The number of hydrogen-bond donors (Lipinski definition) is 3. The topological polar surface area (TPSA) is 105 Å². The van der Waals surface area contributed by atoms with Crippen molar-refractivity contribution in [2.24, 2.45) is 0 Å². The molecule has 1 aliphatic carbocycles. The zero-order valence-corrected chi connectivity index (χ0v) is 15.3. The number of nitrogens with one attached hydrogen (secondary N) is 3. The largest absolute Gasteiger partial charge is 0.383 e. The predicted molar refractivity (Wildman–Crippen MR) is 94.5 cm³/mol. The molecule has 1 aliphatic rings. The lowest BCUT2D eigenvalue weighted by Gasteiger charge is -2.22. The van der Waals surface area contributed by atoms with Gasteiger partial charge in [0.15, 0.2) is 4.34 Å². The van der Waals surface area contributed by atoms with Gasteiger partial charge in [-0.25, -0.2) is 4.79 Å². The number of methoxy groups -OCH3 is 1. The molecule has 3 amide bonds. The summed E-state index contributed by atoms with van der Waals surface area (Å²) in [5.41, 5.74) is 0. The number of carbonyl (C=O) groups is 2. The van der Waals surface area contributed by atoms with E-state index < -0.39 is 6.03 Å². The van der Waals surface area contributed by atoms with Crippen molar-refractivity contribution in [3.63, 3.8) is 0 Å². The molecule has 10 heteroatoms. The summed E-state index contributed by atoms with van der Waals surface area (Å²) in [6.07, 6.45) is 5.46. The Kier molecular flexibility index (Phi) is 8.26. The van der Waals surface area contributed by atoms with E-state index in [1.54, 1.807) is 7.11 Å². The molecule has 0 saturated heterocycles. The van der Waals surface area contributed by atoms with Crippen LogP contribution in [0, 0.1) is 0 Å². The number of carbonyl (C=O) groups excluding carboxylic acids is 2. The number of hydrogen-bond acceptors (Lipinski definition) is 8. The fraction of sp³-hybridized carbons (Fsp3) is 0.714. The standard InChI is InChI=1S/C14H23N5O3S2/c1-22-8-7-15-13-18-19-14(24-13)23-9-11(20)17-12(21)16-10-5-3-2-4-6-10/h10H,2-9H2,1H3,(H,15,18)(H2,16,17,20,21). The summed E-state index contributed by atoms with van der Waals surface area (Å²) in [5.74, 6) is -0.206. The summed E-state index contributed by atoms with van der Waals surface area (Å²) < 4.78 is 5.62. The molecule has 1 saturated carbocycles. The molecule has 3 N–H and O–H groups in total. The predicted octanol–water partition coefficient (Wildman–Crippen LogP) is 1.85. The van der Waals surface area contributed by atoms with Crippen LogP contribution in [0.4, 0.5) is 9.93 Å². The van der Waals surface area contributed by atoms with Crippen LogP contribution in [0.3, 0.4) is 0 Å². The van der Waals surface area contributed by atoms with E-state index in [2.05, 4.69) is 26.1 Å². The van der Waals surface area contributed by atoms with Crippen molar-refractivity contribution in [1.82, 2.24) is 20.8 Å². The van der Waals surface area contributed by atoms with Crippen LogP contribution in [-0.4, -0.2) is 54.2 Å². The summed E-state index contributed by atoms with van der Waals surface area (Å²) in [6.45, 7) is 1.23. The fourth-order valence-electron chi connectivity index (χ4n) is 2.36. The number of aromatic nitrogens is 2. The molecule has 0 radical (unpaired) electrons. The molecule has 0 bridgehead atoms. The summed E-state index contributed by atoms with van der Waals surface area (Å²) in [7, 11) is 1.63. The first kappa shape index (κ1) is 18.9. The minimum absolute atomic E-state index is 0.130. The SMILES string of the molecule is COCCNc1nnc(SCC(=O)NC(=O)NC2CCCCC2)s1. The van der Waals surface area contributed by atoms with Gasteiger partial charge in [-0.3, -0.25) is 10.1 Å². The highest BCUT2D eigenvalue weighted by Gasteiger charge is 2.17. The molecule has 1 fully saturated rings. The Hall–Kier alpha value is -1.39. The molecule has 0 unspecified atom stereocenters. The van der Waals surface area contributed by atoms with Gasteiger partial charge in [0, 0.05) is 19.7 Å². The van der Waals surface area contributed by atoms with Crippen molar-refractivity contribution in [3.05, 3.63) is 0 Å². The molecule has 1 heterocycles. The van der Waals surface area contributed by atoms with Crippen LogP contribution in [0.2, 0.25) is 0 Å². The van der Waals surface area contributed by atoms with E-state index in [4.69, 9.17) is 4.74 Å². The van der Waals surface area contributed by atoms with Crippen molar-refractivity contribution in [3.8, 4) is 0 Å². The quantitative estimate of drug-likeness (QED) is 0.472. The number of rotatable bonds is 8. The van der Waals surface area contributed by atoms with E-state index in [-0.39, 0.29) is 17.7 Å². The molecule has 0 atom stereocenters. The van der Waals surface area contributed by atoms with Crippen LogP contribution in [0.1, 0.15) is 32.1 Å². The first-order valence-electron chi connectivity index (χ1n) is 7.97. The second-order valence-electron chi connectivity index (χ2n) is 5.44. The van der Waals surface area contributed by atoms with Gasteiger partial charge in [-0.05, 0) is 12.8 Å². The summed E-state index contributed by atoms with van der Waals surface area (Å²) in [5, 5.41) is 16.9. The Morgan fingerprint density at radius 1 is 1.29 bits per heavy atom. The number of thioether (sulfide) groups is 1. The Morgan fingerprint density at radius 2 is 2.08 bits per heavy atom. The maximum atomic E-state index is 11.8. The number of ether oxygens (including phenoxy) is 1. The number of nitrogens with zero attached hydrogens (tertiary/aromatic N) is 2. The number of imide groups is 1. The lowest BCUT2D eigenvalue weighted by molar-refractivity contribution is -0.117. The summed E-state index contributed by atoms with van der Waals surface area (Å²) >= 11 is 2.62. The van der Waals surface area contributed by atoms with Crippen molar-refractivity contribution in [2.45, 2.75) is 42.5 Å². The molecular weight excluding hydrogens is 350 g/mol. The molecule has 1 aromatic rings. The lowest BCUT2D eigenvalue weighted by Crippen LogP contribution is -2.45. The van der Waals surface area contributed by atoms with Crippen LogP contribution < -0.4 is 16.0 Å². The van der Waals surface area contributed by atoms with Gasteiger partial charge >= 0.3 is 6.03 Å². The van der Waals surface area contributed by atoms with Gasteiger partial charge in [-0.1, -0.05) is 42.4 Å². The maximum Gasteiger partial charge on any atom is 0.321 e. The fourth-order valence-corrected chi connectivity index (χ4v) is 3.94. The van der Waals surface area contributed by atoms with E-state index >= 15 is 0 Å². The first-order valence-corrected chi connectivity index (χ1v) is 9.77. The Bertz CT molecular complexity index is 534. The van der Waals surface area contributed by atoms with Crippen molar-refractivity contribution >= 4 is 40.2 Å². The molecule has 0 aliphatic heterocycles. The molecule has 24 heavy (non-hydrogen) atoms. The Labute approximate surface area is 149 Å². The van der Waals surface area contributed by atoms with Gasteiger partial charge in [0.2, 0.25) is 11.0 Å². The molecule has 2 rings (SSSR count). The van der Waals surface area contributed by atoms with Crippen molar-refractivity contribution in [1.29, 1.82) is 0 Å². The monoisotopic (exact) mass is 373 g/mol. The number of urea groups is 1. The van der Waals surface area contributed by atoms with E-state index in [0.717, 1.165) is 25.7 Å². The van der Waals surface area contributed by atoms with Crippen LogP contribution in [0.5, 0.6) is 0 Å². The second kappa shape index (κ2) is 10.5. The van der Waals surface area contributed by atoms with E-state index in [0.29, 0.717) is 22.6 Å². The molecule has 1 aromatic heterocycles. The Balaban J connectivity index is 1.64. The van der Waals surface area contributed by atoms with Gasteiger partial charge in [-0.2, -0.15) is 0 Å². The second-order valence-corrected chi connectivity index (χ2v) is 7.64. The van der Waals surface area contributed by atoms with Gasteiger partial charge < -0.3 is 15.4 Å². The first-order chi connectivity index (χ1) is 11.7. The minimum atomic E-state index is -0.410. The van der Waals surface area contributed by atoms with Crippen LogP contribution >= 0.6 is 23.1 Å². The zero-order chi connectivity index (χ0) is 17.2. The highest BCUT2D eigenvalue weighted by molar-refractivity contribution is 8.01. The highest BCUT2D eigenvalue weighted by Crippen LogP contribution is 2.25. The smallest absolute Gasteiger partial charge is 0.321 e. The van der Waals surface area contributed by atoms with Crippen LogP contribution in [0.15, 0.2) is 4.34 Å². The average molecular weight is 374 g/mol. The molecule has 0 aromatic carbocycles. The Morgan fingerprint density at radius 3 is 2.83 bits per heavy atom. The lowest BCUT2D eigenvalue weighted by atomic mass is 9.96. The van der Waals surface area contributed by atoms with Gasteiger partial charge in [0.1, 0.15) is 0 Å². The molecule has 8 nitrogen and oxygen atoms in total. The summed E-state index contributed by atoms with van der Waals surface area (Å²) in [6, 6.07) is -0.227. The number of amides is 3. The minimum Gasteiger partial charge on any atom is -0.383 e. The molecular formula is C14H23N5O3S2. The van der Waals surface area contributed by atoms with Gasteiger partial charge in [0.25, 0.3) is 0 Å². The normalized spacial score (nSPS) is 15.0. The molecule has 134 valence electrons. The van der Waals surface area contributed by atoms with Gasteiger partial charge in [0.05, 0.1) is 12.4 Å². The third kappa shape index (κ3) is 7.02. The van der Waals surface area contributed by atoms with Crippen molar-refractivity contribution in [2.75, 3.05) is 31.3 Å². The zero-order valence-electron chi connectivity index (χ0n) is 13.7. The van der Waals surface area contributed by atoms with E-state index in [1.807, 2.05) is 0 Å².